The lowest BCUT2D eigenvalue weighted by atomic mass is 9.83. The molecule has 2 aliphatic rings. The maximum atomic E-state index is 5.95. The average molecular weight is 301 g/mol. The summed E-state index contributed by atoms with van der Waals surface area (Å²) >= 11 is 11.9. The molecule has 1 aromatic rings. The third-order valence-corrected chi connectivity index (χ3v) is 4.59. The van der Waals surface area contributed by atoms with Gasteiger partial charge in [-0.25, -0.2) is 9.97 Å². The summed E-state index contributed by atoms with van der Waals surface area (Å²) in [6, 6.07) is 3.30. The van der Waals surface area contributed by atoms with Gasteiger partial charge in [0.05, 0.1) is 0 Å². The van der Waals surface area contributed by atoms with Crippen molar-refractivity contribution < 1.29 is 0 Å². The third-order valence-electron chi connectivity index (χ3n) is 4.20. The Morgan fingerprint density at radius 1 is 1.16 bits per heavy atom. The molecule has 4 nitrogen and oxygen atoms in total. The number of hydrogen-bond acceptors (Lipinski definition) is 4. The molecule has 3 atom stereocenters. The molecule has 2 bridgehead atoms. The Balaban J connectivity index is 1.77. The molecule has 0 spiro atoms. The molecule has 0 aliphatic carbocycles. The number of rotatable bonds is 2. The van der Waals surface area contributed by atoms with Crippen LogP contribution < -0.4 is 10.2 Å². The number of halogens is 2. The number of nitrogens with zero attached hydrogens (tertiary/aromatic N) is 3. The molecular formula is C13H18Cl2N4. The van der Waals surface area contributed by atoms with E-state index in [1.54, 1.807) is 6.07 Å². The predicted molar refractivity (Wildman–Crippen MR) is 78.0 cm³/mol. The van der Waals surface area contributed by atoms with E-state index in [0.29, 0.717) is 34.4 Å². The second-order valence-electron chi connectivity index (χ2n) is 5.54. The van der Waals surface area contributed by atoms with Gasteiger partial charge < -0.3 is 10.2 Å². The molecule has 2 aliphatic heterocycles. The van der Waals surface area contributed by atoms with Gasteiger partial charge in [-0.3, -0.25) is 0 Å². The summed E-state index contributed by atoms with van der Waals surface area (Å²) in [5, 5.41) is 4.49. The zero-order valence-corrected chi connectivity index (χ0v) is 12.5. The Morgan fingerprint density at radius 2 is 1.74 bits per heavy atom. The second kappa shape index (κ2) is 5.43. The third kappa shape index (κ3) is 2.96. The Hall–Kier alpha value is -0.580. The van der Waals surface area contributed by atoms with E-state index in [1.165, 1.54) is 19.3 Å². The highest BCUT2D eigenvalue weighted by molar-refractivity contribution is 6.33. The van der Waals surface area contributed by atoms with Crippen LogP contribution in [0.15, 0.2) is 6.07 Å². The van der Waals surface area contributed by atoms with Crippen molar-refractivity contribution in [3.05, 3.63) is 16.4 Å². The van der Waals surface area contributed by atoms with Gasteiger partial charge in [0.1, 0.15) is 10.3 Å². The lowest BCUT2D eigenvalue weighted by molar-refractivity contribution is 0.218. The number of piperidine rings is 2. The van der Waals surface area contributed by atoms with Gasteiger partial charge in [0.15, 0.2) is 0 Å². The minimum atomic E-state index is 0.399. The van der Waals surface area contributed by atoms with E-state index in [1.807, 2.05) is 7.05 Å². The summed E-state index contributed by atoms with van der Waals surface area (Å²) in [6.45, 7) is 0. The summed E-state index contributed by atoms with van der Waals surface area (Å²) < 4.78 is 0. The molecule has 0 unspecified atom stereocenters. The fraction of sp³-hybridized carbons (Fsp3) is 0.692. The van der Waals surface area contributed by atoms with Crippen molar-refractivity contribution in [1.29, 1.82) is 0 Å². The summed E-state index contributed by atoms with van der Waals surface area (Å²) in [7, 11) is 2.04. The molecule has 0 amide bonds. The molecular weight excluding hydrogens is 283 g/mol. The molecule has 0 saturated carbocycles. The van der Waals surface area contributed by atoms with Crippen molar-refractivity contribution >= 4 is 29.2 Å². The molecule has 2 fully saturated rings. The summed E-state index contributed by atoms with van der Waals surface area (Å²) in [6.07, 6.45) is 6.18. The van der Waals surface area contributed by atoms with Gasteiger partial charge in [0.25, 0.3) is 0 Å². The smallest absolute Gasteiger partial charge is 0.228 e. The normalized spacial score (nSPS) is 30.2. The maximum Gasteiger partial charge on any atom is 0.228 e. The first kappa shape index (κ1) is 13.4. The van der Waals surface area contributed by atoms with Gasteiger partial charge in [-0.1, -0.05) is 29.6 Å². The Kier molecular flexibility index (Phi) is 3.83. The average Bonchev–Trinajstić information content (AvgIpc) is 2.36. The molecule has 19 heavy (non-hydrogen) atoms. The van der Waals surface area contributed by atoms with Crippen LogP contribution in [0, 0.1) is 0 Å². The van der Waals surface area contributed by atoms with Gasteiger partial charge in [-0.05, 0) is 25.7 Å². The largest absolute Gasteiger partial charge is 0.341 e. The van der Waals surface area contributed by atoms with E-state index < -0.39 is 0 Å². The molecule has 1 N–H and O–H groups in total. The highest BCUT2D eigenvalue weighted by atomic mass is 35.5. The van der Waals surface area contributed by atoms with Crippen LogP contribution in [-0.4, -0.2) is 35.1 Å². The van der Waals surface area contributed by atoms with E-state index in [4.69, 9.17) is 23.2 Å². The highest BCUT2D eigenvalue weighted by Crippen LogP contribution is 2.30. The zero-order valence-electron chi connectivity index (χ0n) is 10.9. The second-order valence-corrected chi connectivity index (χ2v) is 6.32. The quantitative estimate of drug-likeness (QED) is 0.853. The number of anilines is 1. The van der Waals surface area contributed by atoms with Gasteiger partial charge in [0, 0.05) is 31.2 Å². The maximum absolute atomic E-state index is 5.95. The SMILES string of the molecule is CN(c1nc(Cl)cc(Cl)n1)[C@H]1C[C@H]2CCC[C@@H](C1)N2. The van der Waals surface area contributed by atoms with Crippen LogP contribution in [0.3, 0.4) is 0 Å². The Bertz CT molecular complexity index is 436. The van der Waals surface area contributed by atoms with E-state index in [2.05, 4.69) is 20.2 Å². The van der Waals surface area contributed by atoms with Crippen LogP contribution in [0.5, 0.6) is 0 Å². The first-order valence-electron chi connectivity index (χ1n) is 6.81. The van der Waals surface area contributed by atoms with E-state index in [0.717, 1.165) is 12.8 Å². The minimum absolute atomic E-state index is 0.399. The Morgan fingerprint density at radius 3 is 2.32 bits per heavy atom. The van der Waals surface area contributed by atoms with Gasteiger partial charge in [-0.2, -0.15) is 0 Å². The predicted octanol–water partition coefficient (Wildman–Crippen LogP) is 2.89. The topological polar surface area (TPSA) is 41.1 Å². The monoisotopic (exact) mass is 300 g/mol. The van der Waals surface area contributed by atoms with Crippen molar-refractivity contribution in [3.8, 4) is 0 Å². The standard InChI is InChI=1S/C13H18Cl2N4/c1-19(13-17-11(14)7-12(15)18-13)10-5-8-3-2-4-9(6-10)16-8/h7-10,16H,2-6H2,1H3/t8-,9+,10+. The van der Waals surface area contributed by atoms with Crippen molar-refractivity contribution in [2.24, 2.45) is 0 Å². The molecule has 3 rings (SSSR count). The van der Waals surface area contributed by atoms with Gasteiger partial charge >= 0.3 is 0 Å². The Labute approximate surface area is 123 Å². The molecule has 0 aromatic carbocycles. The van der Waals surface area contributed by atoms with Crippen LogP contribution in [-0.2, 0) is 0 Å². The minimum Gasteiger partial charge on any atom is -0.341 e. The first-order valence-corrected chi connectivity index (χ1v) is 7.56. The molecule has 1 aromatic heterocycles. The zero-order chi connectivity index (χ0) is 13.4. The van der Waals surface area contributed by atoms with Crippen molar-refractivity contribution in [3.63, 3.8) is 0 Å². The van der Waals surface area contributed by atoms with Crippen molar-refractivity contribution in [2.45, 2.75) is 50.2 Å². The molecule has 3 heterocycles. The van der Waals surface area contributed by atoms with Gasteiger partial charge in [-0.15, -0.1) is 0 Å². The number of hydrogen-bond donors (Lipinski definition) is 1. The fourth-order valence-corrected chi connectivity index (χ4v) is 3.67. The lowest BCUT2D eigenvalue weighted by Crippen LogP contribution is -2.54. The van der Waals surface area contributed by atoms with E-state index >= 15 is 0 Å². The summed E-state index contributed by atoms with van der Waals surface area (Å²) in [5.41, 5.74) is 0. The van der Waals surface area contributed by atoms with Crippen LogP contribution in [0.2, 0.25) is 10.3 Å². The van der Waals surface area contributed by atoms with Crippen molar-refractivity contribution in [1.82, 2.24) is 15.3 Å². The molecule has 0 radical (unpaired) electrons. The van der Waals surface area contributed by atoms with Gasteiger partial charge in [0.2, 0.25) is 5.95 Å². The first-order chi connectivity index (χ1) is 9.11. The van der Waals surface area contributed by atoms with Crippen LogP contribution in [0.4, 0.5) is 5.95 Å². The molecule has 6 heteroatoms. The highest BCUT2D eigenvalue weighted by Gasteiger charge is 2.33. The number of fused-ring (bicyclic) bond motifs is 2. The molecule has 104 valence electrons. The summed E-state index contributed by atoms with van der Waals surface area (Å²) in [4.78, 5) is 10.7. The number of nitrogens with one attached hydrogen (secondary N) is 1. The van der Waals surface area contributed by atoms with Crippen LogP contribution in [0.1, 0.15) is 32.1 Å². The van der Waals surface area contributed by atoms with Crippen LogP contribution >= 0.6 is 23.2 Å². The van der Waals surface area contributed by atoms with Crippen molar-refractivity contribution in [2.75, 3.05) is 11.9 Å². The number of aromatic nitrogens is 2. The van der Waals surface area contributed by atoms with E-state index in [9.17, 15) is 0 Å². The van der Waals surface area contributed by atoms with E-state index in [-0.39, 0.29) is 0 Å². The fourth-order valence-electron chi connectivity index (χ4n) is 3.25. The summed E-state index contributed by atoms with van der Waals surface area (Å²) in [5.74, 6) is 0.627. The lowest BCUT2D eigenvalue weighted by Gasteiger charge is -2.43. The molecule has 2 saturated heterocycles. The van der Waals surface area contributed by atoms with Crippen LogP contribution in [0.25, 0.3) is 0 Å².